The normalized spacial score (nSPS) is 17.8. The first-order chi connectivity index (χ1) is 12.1. The van der Waals surface area contributed by atoms with Crippen molar-refractivity contribution in [3.05, 3.63) is 65.1 Å². The molecular formula is C20H20N2O2S. The van der Waals surface area contributed by atoms with Crippen LogP contribution in [0, 0.1) is 0 Å². The Morgan fingerprint density at radius 1 is 1.08 bits per heavy atom. The molecule has 1 heterocycles. The molecule has 3 rings (SSSR count). The van der Waals surface area contributed by atoms with E-state index in [0.717, 1.165) is 17.0 Å². The Balaban J connectivity index is 1.96. The minimum absolute atomic E-state index is 0.0496. The van der Waals surface area contributed by atoms with Gasteiger partial charge in [-0.2, -0.15) is 0 Å². The molecule has 0 saturated carbocycles. The summed E-state index contributed by atoms with van der Waals surface area (Å²) in [5, 5.41) is 0.714. The molecule has 0 N–H and O–H groups in total. The van der Waals surface area contributed by atoms with E-state index in [0.29, 0.717) is 10.1 Å². The zero-order chi connectivity index (χ0) is 17.8. The molecule has 4 nitrogen and oxygen atoms in total. The molecule has 0 unspecified atom stereocenters. The summed E-state index contributed by atoms with van der Waals surface area (Å²) in [6.07, 6.45) is 1.89. The number of hydrogen-bond donors (Lipinski definition) is 0. The number of aliphatic imine (C=N–C) groups is 1. The Labute approximate surface area is 152 Å². The first-order valence-corrected chi connectivity index (χ1v) is 8.91. The van der Waals surface area contributed by atoms with Crippen molar-refractivity contribution in [2.45, 2.75) is 19.9 Å². The number of rotatable bonds is 4. The highest BCUT2D eigenvalue weighted by molar-refractivity contribution is 8.19. The fraction of sp³-hybridized carbons (Fsp3) is 0.200. The van der Waals surface area contributed by atoms with Gasteiger partial charge < -0.3 is 4.74 Å². The van der Waals surface area contributed by atoms with E-state index < -0.39 is 0 Å². The molecule has 0 aromatic heterocycles. The molecular weight excluding hydrogens is 332 g/mol. The summed E-state index contributed by atoms with van der Waals surface area (Å²) < 4.78 is 5.18. The number of nitrogens with zero attached hydrogens (tertiary/aromatic N) is 2. The van der Waals surface area contributed by atoms with Crippen LogP contribution in [-0.4, -0.2) is 24.2 Å². The average Bonchev–Trinajstić information content (AvgIpc) is 2.91. The predicted octanol–water partition coefficient (Wildman–Crippen LogP) is 4.58. The number of carbonyl (C=O) groups is 1. The highest BCUT2D eigenvalue weighted by Gasteiger charge is 2.34. The summed E-state index contributed by atoms with van der Waals surface area (Å²) in [5.74, 6) is 0.743. The Morgan fingerprint density at radius 2 is 1.76 bits per heavy atom. The number of anilines is 1. The summed E-state index contributed by atoms with van der Waals surface area (Å²) in [5.41, 5.74) is 1.79. The van der Waals surface area contributed by atoms with Gasteiger partial charge in [0.1, 0.15) is 5.75 Å². The second-order valence-corrected chi connectivity index (χ2v) is 6.87. The number of benzene rings is 2. The SMILES string of the molecule is COc1ccc(/C=C2\SC(=NC(C)C)N(c3ccccc3)C2=O)cc1. The standard InChI is InChI=1S/C20H20N2O2S/c1-14(2)21-20-22(16-7-5-4-6-8-16)19(23)18(25-20)13-15-9-11-17(24-3)12-10-15/h4-14H,1-3H3/b18-13-,21-20?. The van der Waals surface area contributed by atoms with Crippen LogP contribution in [0.2, 0.25) is 0 Å². The summed E-state index contributed by atoms with van der Waals surface area (Å²) in [7, 11) is 1.64. The van der Waals surface area contributed by atoms with Crippen molar-refractivity contribution in [3.63, 3.8) is 0 Å². The molecule has 1 saturated heterocycles. The van der Waals surface area contributed by atoms with Gasteiger partial charge in [0, 0.05) is 6.04 Å². The molecule has 0 atom stereocenters. The van der Waals surface area contributed by atoms with Crippen molar-refractivity contribution in [1.29, 1.82) is 0 Å². The van der Waals surface area contributed by atoms with Crippen molar-refractivity contribution < 1.29 is 9.53 Å². The molecule has 0 radical (unpaired) electrons. The number of amides is 1. The first-order valence-electron chi connectivity index (χ1n) is 8.09. The van der Waals surface area contributed by atoms with Gasteiger partial charge in [-0.15, -0.1) is 0 Å². The van der Waals surface area contributed by atoms with Gasteiger partial charge in [-0.25, -0.2) is 0 Å². The van der Waals surface area contributed by atoms with E-state index in [9.17, 15) is 4.79 Å². The van der Waals surface area contributed by atoms with Gasteiger partial charge in [0.05, 0.1) is 17.7 Å². The van der Waals surface area contributed by atoms with Crippen LogP contribution in [0.15, 0.2) is 64.5 Å². The van der Waals surface area contributed by atoms with Crippen LogP contribution in [-0.2, 0) is 4.79 Å². The number of ether oxygens (including phenoxy) is 1. The lowest BCUT2D eigenvalue weighted by atomic mass is 10.2. The maximum absolute atomic E-state index is 13.0. The fourth-order valence-electron chi connectivity index (χ4n) is 2.44. The van der Waals surface area contributed by atoms with Crippen molar-refractivity contribution in [2.24, 2.45) is 4.99 Å². The molecule has 2 aromatic rings. The highest BCUT2D eigenvalue weighted by Crippen LogP contribution is 2.36. The van der Waals surface area contributed by atoms with Crippen molar-refractivity contribution in [1.82, 2.24) is 0 Å². The molecule has 0 spiro atoms. The minimum atomic E-state index is -0.0496. The molecule has 1 amide bonds. The van der Waals surface area contributed by atoms with Crippen LogP contribution >= 0.6 is 11.8 Å². The lowest BCUT2D eigenvalue weighted by Gasteiger charge is -2.16. The van der Waals surface area contributed by atoms with Gasteiger partial charge in [0.2, 0.25) is 0 Å². The van der Waals surface area contributed by atoms with Crippen molar-refractivity contribution in [2.75, 3.05) is 12.0 Å². The molecule has 5 heteroatoms. The van der Waals surface area contributed by atoms with Gasteiger partial charge in [0.15, 0.2) is 5.17 Å². The van der Waals surface area contributed by atoms with Crippen molar-refractivity contribution in [3.8, 4) is 5.75 Å². The Bertz CT molecular complexity index is 811. The lowest BCUT2D eigenvalue weighted by molar-refractivity contribution is -0.113. The van der Waals surface area contributed by atoms with Gasteiger partial charge in [-0.05, 0) is 61.5 Å². The van der Waals surface area contributed by atoms with E-state index >= 15 is 0 Å². The summed E-state index contributed by atoms with van der Waals surface area (Å²) in [6.45, 7) is 4.01. The topological polar surface area (TPSA) is 41.9 Å². The third kappa shape index (κ3) is 3.94. The minimum Gasteiger partial charge on any atom is -0.497 e. The molecule has 2 aromatic carbocycles. The van der Waals surface area contributed by atoms with E-state index in [-0.39, 0.29) is 11.9 Å². The largest absolute Gasteiger partial charge is 0.497 e. The zero-order valence-electron chi connectivity index (χ0n) is 14.5. The number of amidine groups is 1. The molecule has 0 aliphatic carbocycles. The van der Waals surface area contributed by atoms with Gasteiger partial charge in [-0.1, -0.05) is 30.3 Å². The van der Waals surface area contributed by atoms with E-state index in [1.807, 2.05) is 74.5 Å². The number of carbonyl (C=O) groups excluding carboxylic acids is 1. The second kappa shape index (κ2) is 7.57. The first kappa shape index (κ1) is 17.3. The molecule has 1 aliphatic heterocycles. The third-order valence-electron chi connectivity index (χ3n) is 3.60. The monoisotopic (exact) mass is 352 g/mol. The fourth-order valence-corrected chi connectivity index (χ4v) is 3.55. The maximum atomic E-state index is 13.0. The third-order valence-corrected chi connectivity index (χ3v) is 4.59. The summed E-state index contributed by atoms with van der Waals surface area (Å²) in [4.78, 5) is 19.9. The number of hydrogen-bond acceptors (Lipinski definition) is 4. The quantitative estimate of drug-likeness (QED) is 0.756. The molecule has 128 valence electrons. The van der Waals surface area contributed by atoms with Gasteiger partial charge >= 0.3 is 0 Å². The predicted molar refractivity (Wildman–Crippen MR) is 105 cm³/mol. The zero-order valence-corrected chi connectivity index (χ0v) is 15.3. The summed E-state index contributed by atoms with van der Waals surface area (Å²) >= 11 is 1.41. The van der Waals surface area contributed by atoms with Crippen LogP contribution in [0.3, 0.4) is 0 Å². The van der Waals surface area contributed by atoms with Gasteiger partial charge in [0.25, 0.3) is 5.91 Å². The number of methoxy groups -OCH3 is 1. The van der Waals surface area contributed by atoms with E-state index in [2.05, 4.69) is 4.99 Å². The molecule has 25 heavy (non-hydrogen) atoms. The van der Waals surface area contributed by atoms with Crippen LogP contribution < -0.4 is 9.64 Å². The van der Waals surface area contributed by atoms with Crippen LogP contribution in [0.25, 0.3) is 6.08 Å². The number of thioether (sulfide) groups is 1. The van der Waals surface area contributed by atoms with Crippen molar-refractivity contribution >= 4 is 34.6 Å². The Hall–Kier alpha value is -2.53. The average molecular weight is 352 g/mol. The smallest absolute Gasteiger partial charge is 0.271 e. The lowest BCUT2D eigenvalue weighted by Crippen LogP contribution is -2.29. The Kier molecular flexibility index (Phi) is 5.24. The molecule has 1 fully saturated rings. The summed E-state index contributed by atoms with van der Waals surface area (Å²) in [6, 6.07) is 17.4. The van der Waals surface area contributed by atoms with E-state index in [1.54, 1.807) is 12.0 Å². The van der Waals surface area contributed by atoms with Crippen LogP contribution in [0.5, 0.6) is 5.75 Å². The highest BCUT2D eigenvalue weighted by atomic mass is 32.2. The van der Waals surface area contributed by atoms with Gasteiger partial charge in [-0.3, -0.25) is 14.7 Å². The van der Waals surface area contributed by atoms with E-state index in [4.69, 9.17) is 4.74 Å². The maximum Gasteiger partial charge on any atom is 0.271 e. The van der Waals surface area contributed by atoms with Crippen LogP contribution in [0.4, 0.5) is 5.69 Å². The van der Waals surface area contributed by atoms with E-state index in [1.165, 1.54) is 11.8 Å². The molecule has 0 bridgehead atoms. The second-order valence-electron chi connectivity index (χ2n) is 5.87. The number of para-hydroxylation sites is 1. The van der Waals surface area contributed by atoms with Crippen LogP contribution in [0.1, 0.15) is 19.4 Å². The Morgan fingerprint density at radius 3 is 2.36 bits per heavy atom. The molecule has 1 aliphatic rings.